The highest BCUT2D eigenvalue weighted by atomic mass is 35.5. The van der Waals surface area contributed by atoms with Gasteiger partial charge >= 0.3 is 0 Å². The van der Waals surface area contributed by atoms with Crippen LogP contribution >= 0.6 is 23.4 Å². The summed E-state index contributed by atoms with van der Waals surface area (Å²) in [5.74, 6) is 0.0609. The molecule has 1 aromatic carbocycles. The van der Waals surface area contributed by atoms with Gasteiger partial charge in [0.25, 0.3) is 0 Å². The van der Waals surface area contributed by atoms with Gasteiger partial charge in [0.15, 0.2) is 5.17 Å². The number of hydrogen-bond acceptors (Lipinski definition) is 6. The van der Waals surface area contributed by atoms with Crippen molar-refractivity contribution in [2.24, 2.45) is 4.99 Å². The molecule has 2 atom stereocenters. The maximum absolute atomic E-state index is 12.2. The van der Waals surface area contributed by atoms with E-state index in [4.69, 9.17) is 21.1 Å². The molecule has 2 aliphatic heterocycles. The summed E-state index contributed by atoms with van der Waals surface area (Å²) in [6.45, 7) is 1.30. The molecule has 2 N–H and O–H groups in total. The van der Waals surface area contributed by atoms with E-state index in [1.165, 1.54) is 18.9 Å². The standard InChI is InChI=1S/C17H20ClN3O4S/c1-24-13-5-4-10(7-12(13)18)20-15(22)8-14-16(23)21-17(26-14)19-9-11-3-2-6-25-11/h4-5,7,11,14H,2-3,6,8-9H2,1H3,(H,20,22)(H,19,21,23). The second-order valence-electron chi connectivity index (χ2n) is 5.98. The number of nitrogens with one attached hydrogen (secondary N) is 2. The zero-order valence-corrected chi connectivity index (χ0v) is 15.9. The summed E-state index contributed by atoms with van der Waals surface area (Å²) in [6.07, 6.45) is 2.22. The number of benzene rings is 1. The Hall–Kier alpha value is -1.77. The predicted molar refractivity (Wildman–Crippen MR) is 102 cm³/mol. The number of methoxy groups -OCH3 is 1. The van der Waals surface area contributed by atoms with Crippen LogP contribution in [0.15, 0.2) is 23.2 Å². The summed E-state index contributed by atoms with van der Waals surface area (Å²) in [5, 5.41) is 5.93. The fourth-order valence-corrected chi connectivity index (χ4v) is 3.95. The smallest absolute Gasteiger partial charge is 0.240 e. The molecule has 140 valence electrons. The minimum absolute atomic E-state index is 0.0547. The van der Waals surface area contributed by atoms with E-state index < -0.39 is 5.25 Å². The molecule has 26 heavy (non-hydrogen) atoms. The largest absolute Gasteiger partial charge is 0.495 e. The summed E-state index contributed by atoms with van der Waals surface area (Å²) in [7, 11) is 1.52. The van der Waals surface area contributed by atoms with Crippen molar-refractivity contribution in [1.29, 1.82) is 0 Å². The van der Waals surface area contributed by atoms with Crippen molar-refractivity contribution in [3.05, 3.63) is 23.2 Å². The molecule has 0 aromatic heterocycles. The van der Waals surface area contributed by atoms with Crippen LogP contribution in [-0.2, 0) is 14.3 Å². The van der Waals surface area contributed by atoms with E-state index in [-0.39, 0.29) is 24.3 Å². The highest BCUT2D eigenvalue weighted by Gasteiger charge is 2.32. The van der Waals surface area contributed by atoms with E-state index in [2.05, 4.69) is 15.6 Å². The second-order valence-corrected chi connectivity index (χ2v) is 7.58. The number of carbonyl (C=O) groups is 2. The Morgan fingerprint density at radius 2 is 2.38 bits per heavy atom. The Bertz CT molecular complexity index is 722. The lowest BCUT2D eigenvalue weighted by Crippen LogP contribution is -2.28. The van der Waals surface area contributed by atoms with Gasteiger partial charge in [-0.25, -0.2) is 0 Å². The van der Waals surface area contributed by atoms with Gasteiger partial charge in [0, 0.05) is 18.7 Å². The van der Waals surface area contributed by atoms with Crippen molar-refractivity contribution >= 4 is 46.0 Å². The molecule has 7 nitrogen and oxygen atoms in total. The SMILES string of the molecule is COc1ccc(NC(=O)CC2SC(=NCC3CCCO3)NC2=O)cc1Cl. The van der Waals surface area contributed by atoms with Crippen molar-refractivity contribution in [3.63, 3.8) is 0 Å². The zero-order chi connectivity index (χ0) is 18.5. The fraction of sp³-hybridized carbons (Fsp3) is 0.471. The molecule has 0 aliphatic carbocycles. The number of hydrogen-bond donors (Lipinski definition) is 2. The maximum atomic E-state index is 12.2. The normalized spacial score (nSPS) is 23.9. The first-order valence-electron chi connectivity index (χ1n) is 8.32. The number of ether oxygens (including phenoxy) is 2. The molecule has 2 aliphatic rings. The van der Waals surface area contributed by atoms with Gasteiger partial charge in [-0.15, -0.1) is 0 Å². The van der Waals surface area contributed by atoms with Gasteiger partial charge in [-0.1, -0.05) is 23.4 Å². The van der Waals surface area contributed by atoms with Crippen molar-refractivity contribution in [1.82, 2.24) is 5.32 Å². The molecule has 0 spiro atoms. The molecule has 9 heteroatoms. The number of carbonyl (C=O) groups excluding carboxylic acids is 2. The Labute approximate surface area is 160 Å². The highest BCUT2D eigenvalue weighted by molar-refractivity contribution is 8.15. The number of rotatable bonds is 6. The lowest BCUT2D eigenvalue weighted by Gasteiger charge is -2.09. The fourth-order valence-electron chi connectivity index (χ4n) is 2.71. The average Bonchev–Trinajstić information content (AvgIpc) is 3.23. The topological polar surface area (TPSA) is 89.0 Å². The summed E-state index contributed by atoms with van der Waals surface area (Å²) in [4.78, 5) is 28.6. The van der Waals surface area contributed by atoms with Gasteiger partial charge in [-0.05, 0) is 31.0 Å². The molecule has 3 rings (SSSR count). The summed E-state index contributed by atoms with van der Waals surface area (Å²) in [5.41, 5.74) is 0.552. The van der Waals surface area contributed by atoms with Gasteiger partial charge in [-0.2, -0.15) is 0 Å². The van der Waals surface area contributed by atoms with Gasteiger partial charge < -0.3 is 20.1 Å². The molecule has 2 amide bonds. The Morgan fingerprint density at radius 1 is 1.54 bits per heavy atom. The van der Waals surface area contributed by atoms with E-state index >= 15 is 0 Å². The lowest BCUT2D eigenvalue weighted by molar-refractivity contribution is -0.122. The Morgan fingerprint density at radius 3 is 3.08 bits per heavy atom. The third-order valence-electron chi connectivity index (χ3n) is 4.05. The molecular weight excluding hydrogens is 378 g/mol. The van der Waals surface area contributed by atoms with E-state index in [9.17, 15) is 9.59 Å². The number of anilines is 1. The number of halogens is 1. The molecule has 1 aromatic rings. The van der Waals surface area contributed by atoms with Crippen LogP contribution < -0.4 is 15.4 Å². The zero-order valence-electron chi connectivity index (χ0n) is 14.3. The van der Waals surface area contributed by atoms with Gasteiger partial charge in [0.05, 0.1) is 24.8 Å². The van der Waals surface area contributed by atoms with Gasteiger partial charge in [-0.3, -0.25) is 14.6 Å². The molecule has 2 unspecified atom stereocenters. The van der Waals surface area contributed by atoms with Crippen LogP contribution in [0.3, 0.4) is 0 Å². The minimum Gasteiger partial charge on any atom is -0.495 e. The molecule has 2 fully saturated rings. The number of amidine groups is 1. The van der Waals surface area contributed by atoms with Crippen molar-refractivity contribution < 1.29 is 19.1 Å². The minimum atomic E-state index is -0.494. The molecule has 0 radical (unpaired) electrons. The molecule has 2 heterocycles. The van der Waals surface area contributed by atoms with Gasteiger partial charge in [0.2, 0.25) is 11.8 Å². The summed E-state index contributed by atoms with van der Waals surface area (Å²) < 4.78 is 10.6. The first kappa shape index (κ1) is 19.0. The number of aliphatic imine (C=N–C) groups is 1. The first-order valence-corrected chi connectivity index (χ1v) is 9.58. The second kappa shape index (κ2) is 8.75. The van der Waals surface area contributed by atoms with E-state index in [0.717, 1.165) is 19.4 Å². The lowest BCUT2D eigenvalue weighted by atomic mass is 10.2. The molecule has 0 saturated carbocycles. The number of nitrogens with zero attached hydrogens (tertiary/aromatic N) is 1. The van der Waals surface area contributed by atoms with Crippen LogP contribution in [0, 0.1) is 0 Å². The van der Waals surface area contributed by atoms with Crippen molar-refractivity contribution in [3.8, 4) is 5.75 Å². The summed E-state index contributed by atoms with van der Waals surface area (Å²) in [6, 6.07) is 4.97. The molecular formula is C17H20ClN3O4S. The quantitative estimate of drug-likeness (QED) is 0.769. The van der Waals surface area contributed by atoms with Gasteiger partial charge in [0.1, 0.15) is 11.0 Å². The van der Waals surface area contributed by atoms with Crippen LogP contribution in [0.25, 0.3) is 0 Å². The summed E-state index contributed by atoms with van der Waals surface area (Å²) >= 11 is 7.32. The van der Waals surface area contributed by atoms with Crippen molar-refractivity contribution in [2.75, 3.05) is 25.6 Å². The monoisotopic (exact) mass is 397 g/mol. The van der Waals surface area contributed by atoms with E-state index in [0.29, 0.717) is 28.2 Å². The maximum Gasteiger partial charge on any atom is 0.240 e. The van der Waals surface area contributed by atoms with Crippen molar-refractivity contribution in [2.45, 2.75) is 30.6 Å². The highest BCUT2D eigenvalue weighted by Crippen LogP contribution is 2.28. The Balaban J connectivity index is 1.51. The van der Waals surface area contributed by atoms with Crippen LogP contribution in [0.1, 0.15) is 19.3 Å². The number of thioether (sulfide) groups is 1. The number of amides is 2. The Kier molecular flexibility index (Phi) is 6.39. The third-order valence-corrected chi connectivity index (χ3v) is 5.46. The van der Waals surface area contributed by atoms with Crippen LogP contribution in [0.5, 0.6) is 5.75 Å². The van der Waals surface area contributed by atoms with Crippen LogP contribution in [-0.4, -0.2) is 48.6 Å². The molecule has 2 saturated heterocycles. The third kappa shape index (κ3) is 4.90. The van der Waals surface area contributed by atoms with Crippen LogP contribution in [0.4, 0.5) is 5.69 Å². The first-order chi connectivity index (χ1) is 12.5. The van der Waals surface area contributed by atoms with E-state index in [1.54, 1.807) is 18.2 Å². The van der Waals surface area contributed by atoms with E-state index in [1.807, 2.05) is 0 Å². The molecule has 0 bridgehead atoms. The average molecular weight is 398 g/mol. The van der Waals surface area contributed by atoms with Crippen LogP contribution in [0.2, 0.25) is 5.02 Å². The predicted octanol–water partition coefficient (Wildman–Crippen LogP) is 2.44.